The second-order valence-corrected chi connectivity index (χ2v) is 72.3. The van der Waals surface area contributed by atoms with Crippen LogP contribution in [-0.4, -0.2) is 191 Å². The van der Waals surface area contributed by atoms with Crippen molar-refractivity contribution < 1.29 is 79.1 Å². The summed E-state index contributed by atoms with van der Waals surface area (Å²) in [4.78, 5) is 130. The molecule has 8 amide bonds. The van der Waals surface area contributed by atoms with Crippen LogP contribution < -0.4 is 24.8 Å². The number of nitrogens with zero attached hydrogens (tertiary/aromatic N) is 3. The molecule has 3 aromatic carbocycles. The normalized spacial score (nSPS) is 19.3. The molecule has 117 heavy (non-hydrogen) atoms. The maximum atomic E-state index is 17.1. The average Bonchev–Trinajstić information content (AvgIpc) is 1.62. The zero-order valence-corrected chi connectivity index (χ0v) is 84.8. The highest BCUT2D eigenvalue weighted by molar-refractivity contribution is 6.76. The first kappa shape index (κ1) is 102. The summed E-state index contributed by atoms with van der Waals surface area (Å²) >= 11 is 0. The van der Waals surface area contributed by atoms with Gasteiger partial charge in [-0.05, 0) is 205 Å². The smallest absolute Gasteiger partial charge is 0.426 e. The Morgan fingerprint density at radius 3 is 1.31 bits per heavy atom. The number of ether oxygens (including phenoxy) is 3. The van der Waals surface area contributed by atoms with Gasteiger partial charge in [0.05, 0.1) is 24.4 Å². The lowest BCUT2D eigenvalue weighted by Crippen LogP contribution is -2.66. The van der Waals surface area contributed by atoms with E-state index < -0.39 is 185 Å². The van der Waals surface area contributed by atoms with Crippen molar-refractivity contribution in [1.82, 2.24) is 30.7 Å². The van der Waals surface area contributed by atoms with E-state index in [2.05, 4.69) is 138 Å². The lowest BCUT2D eigenvalue weighted by atomic mass is 9.99. The van der Waals surface area contributed by atoms with E-state index in [1.165, 1.54) is 9.80 Å². The first-order chi connectivity index (χ1) is 52.6. The molecule has 0 saturated carbocycles. The van der Waals surface area contributed by atoms with Crippen LogP contribution in [0.3, 0.4) is 0 Å². The fourth-order valence-corrected chi connectivity index (χ4v) is 19.7. The molecule has 0 aromatic heterocycles. The van der Waals surface area contributed by atoms with E-state index in [-0.39, 0.29) is 54.1 Å². The molecule has 3 aromatic rings. The highest BCUT2D eigenvalue weighted by Crippen LogP contribution is 2.46. The molecule has 3 N–H and O–H groups in total. The number of nitrogens with one attached hydrogen (secondary N) is 3. The molecule has 660 valence electrons. The van der Waals surface area contributed by atoms with Crippen LogP contribution >= 0.6 is 0 Å². The predicted molar refractivity (Wildman–Crippen MR) is 481 cm³/mol. The van der Waals surface area contributed by atoms with Crippen LogP contribution in [0.1, 0.15) is 203 Å². The van der Waals surface area contributed by atoms with Gasteiger partial charge in [0.15, 0.2) is 33.3 Å². The molecule has 2 saturated heterocycles. The number of rotatable bonds is 28. The Hall–Kier alpha value is -6.04. The SMILES string of the molecule is CC1CN(C(=O)C(NC(=O)C(NC(=O)C2CC(O[Si](C)(C)C(C)(C)C)CN2C(=O)C(Cc2ccc(O[Si](C)(C)C(C)(C)C)cc2)NC(=O)OCc2ccccc2)C(Cc2ccc(O[Si](C)(C)C(C)(C)C)cc2)O[Si](C)(C)C(C)(C)C)C(C)O[Si](C)(C)C(C)(C)C)C(C(=O)N(C(=O)OC(C)(C)C)C(=O)OC(C)(C)C)C1O[Si](C)(C)C(C)(C)C. The molecule has 10 unspecified atom stereocenters. The van der Waals surface area contributed by atoms with Gasteiger partial charge >= 0.3 is 18.3 Å². The number of carbonyl (C=O) groups excluding carboxylic acids is 8. The molecular formula is C88H152N6O17Si6. The number of hydrogen-bond donors (Lipinski definition) is 3. The maximum Gasteiger partial charge on any atom is 0.426 e. The fourth-order valence-electron chi connectivity index (χ4n) is 12.1. The quantitative estimate of drug-likeness (QED) is 0.0450. The van der Waals surface area contributed by atoms with Crippen LogP contribution in [0.25, 0.3) is 0 Å². The number of imide groups is 3. The van der Waals surface area contributed by atoms with E-state index in [9.17, 15) is 14.4 Å². The first-order valence-corrected chi connectivity index (χ1v) is 59.3. The van der Waals surface area contributed by atoms with Gasteiger partial charge in [0.2, 0.25) is 40.3 Å². The number of likely N-dealkylation sites (tertiary alicyclic amines) is 2. The first-order valence-electron chi connectivity index (χ1n) is 41.9. The molecule has 5 rings (SSSR count). The zero-order valence-electron chi connectivity index (χ0n) is 78.8. The molecule has 29 heteroatoms. The van der Waals surface area contributed by atoms with Crippen LogP contribution in [0.4, 0.5) is 14.4 Å². The lowest BCUT2D eigenvalue weighted by Gasteiger charge is -2.43. The average molecular weight is 1730 g/mol. The summed E-state index contributed by atoms with van der Waals surface area (Å²) in [5.41, 5.74) is -0.343. The van der Waals surface area contributed by atoms with Crippen molar-refractivity contribution >= 4 is 97.7 Å². The van der Waals surface area contributed by atoms with E-state index in [0.29, 0.717) is 27.5 Å². The van der Waals surface area contributed by atoms with Crippen LogP contribution in [-0.2, 0) is 75.3 Å². The zero-order chi connectivity index (χ0) is 89.9. The summed E-state index contributed by atoms with van der Waals surface area (Å²) in [6, 6.07) is 16.5. The van der Waals surface area contributed by atoms with Crippen molar-refractivity contribution in [3.05, 3.63) is 95.6 Å². The molecule has 0 radical (unpaired) electrons. The molecule has 2 heterocycles. The van der Waals surface area contributed by atoms with Crippen LogP contribution in [0.2, 0.25) is 109 Å². The minimum atomic E-state index is -3.08. The van der Waals surface area contributed by atoms with Crippen LogP contribution in [0.15, 0.2) is 78.9 Å². The molecular weight excluding hydrogens is 1580 g/mol. The van der Waals surface area contributed by atoms with Gasteiger partial charge in [0.25, 0.3) is 5.91 Å². The topological polar surface area (TPSA) is 265 Å². The summed E-state index contributed by atoms with van der Waals surface area (Å²) in [5.74, 6) is -3.56. The van der Waals surface area contributed by atoms with Gasteiger partial charge in [0, 0.05) is 31.8 Å². The highest BCUT2D eigenvalue weighted by Gasteiger charge is 2.58. The Kier molecular flexibility index (Phi) is 32.4. The van der Waals surface area contributed by atoms with Gasteiger partial charge in [-0.25, -0.2) is 14.4 Å². The number of amides is 8. The minimum Gasteiger partial charge on any atom is -0.544 e. The molecule has 2 aliphatic heterocycles. The number of carbonyl (C=O) groups is 8. The van der Waals surface area contributed by atoms with Crippen molar-refractivity contribution in [3.8, 4) is 11.5 Å². The molecule has 23 nitrogen and oxygen atoms in total. The monoisotopic (exact) mass is 1730 g/mol. The number of benzene rings is 3. The second-order valence-electron chi connectivity index (χ2n) is 43.8. The Morgan fingerprint density at radius 1 is 0.462 bits per heavy atom. The van der Waals surface area contributed by atoms with E-state index >= 15 is 24.0 Å². The van der Waals surface area contributed by atoms with Gasteiger partial charge in [-0.15, -0.1) is 4.90 Å². The maximum absolute atomic E-state index is 17.1. The summed E-state index contributed by atoms with van der Waals surface area (Å²) in [6.07, 6.45) is -7.88. The van der Waals surface area contributed by atoms with Gasteiger partial charge in [-0.1, -0.05) is 186 Å². The van der Waals surface area contributed by atoms with Gasteiger partial charge in [-0.3, -0.25) is 24.0 Å². The van der Waals surface area contributed by atoms with E-state index in [1.807, 2.05) is 167 Å². The Morgan fingerprint density at radius 2 is 0.880 bits per heavy atom. The minimum absolute atomic E-state index is 0.0129. The lowest BCUT2D eigenvalue weighted by molar-refractivity contribution is -0.149. The fraction of sp³-hybridized carbons (Fsp3) is 0.705. The van der Waals surface area contributed by atoms with Crippen molar-refractivity contribution in [2.75, 3.05) is 13.1 Å². The van der Waals surface area contributed by atoms with Crippen LogP contribution in [0.5, 0.6) is 11.5 Å². The van der Waals surface area contributed by atoms with E-state index in [1.54, 1.807) is 48.5 Å². The third-order valence-corrected chi connectivity index (χ3v) is 52.2. The van der Waals surface area contributed by atoms with E-state index in [0.717, 1.165) is 5.56 Å². The van der Waals surface area contributed by atoms with Gasteiger partial charge < -0.3 is 66.5 Å². The van der Waals surface area contributed by atoms with E-state index in [4.69, 9.17) is 40.8 Å². The van der Waals surface area contributed by atoms with Crippen molar-refractivity contribution in [2.24, 2.45) is 5.92 Å². The van der Waals surface area contributed by atoms with Crippen molar-refractivity contribution in [2.45, 2.75) is 381 Å². The largest absolute Gasteiger partial charge is 0.544 e. The number of hydrogen-bond acceptors (Lipinski definition) is 17. The molecule has 0 aliphatic carbocycles. The summed E-state index contributed by atoms with van der Waals surface area (Å²) in [6.45, 7) is 75.5. The molecule has 2 fully saturated rings. The summed E-state index contributed by atoms with van der Waals surface area (Å²) in [7, 11) is -16.3. The van der Waals surface area contributed by atoms with Crippen LogP contribution in [0, 0.1) is 5.92 Å². The molecule has 0 bridgehead atoms. The summed E-state index contributed by atoms with van der Waals surface area (Å²) in [5, 5.41) is 7.34. The molecule has 2 aliphatic rings. The highest BCUT2D eigenvalue weighted by atomic mass is 28.4. The second kappa shape index (κ2) is 37.3. The standard InChI is InChI=1S/C88H152N6O17Si6/c1-58-55-93(71(72(58)111-117(37,38)88(24,25)26)77(99)94(79(101)104-81(3,4)5)80(102)105-82(6,7)8)76(98)69(59(2)106-112(27,28)83(9,10)11)90-74(96)70(68(110-116(35,36)87(21,22)23)53-61-46-50-64(51-47-61)108-114(31,32)85(15,16)17)91-73(95)67-54-65(109-115(33,34)86(18,19)20)56-92(67)75(97)66(89-78(100)103-57-62-42-40-39-41-43-62)52-60-44-48-63(49-45-60)107-113(29,30)84(12,13)14/h39-51,58-59,65-72H,52-57H2,1-38H3,(H,89,100)(H,90,96)(H,91,95). The third kappa shape index (κ3) is 27.2. The summed E-state index contributed by atoms with van der Waals surface area (Å²) < 4.78 is 60.2. The molecule has 0 spiro atoms. The van der Waals surface area contributed by atoms with Gasteiger partial charge in [0.1, 0.15) is 59.5 Å². The Bertz CT molecular complexity index is 3890. The third-order valence-electron chi connectivity index (χ3n) is 25.4. The molecule has 10 atom stereocenters. The number of alkyl carbamates (subject to hydrolysis) is 1. The van der Waals surface area contributed by atoms with Crippen molar-refractivity contribution in [1.29, 1.82) is 0 Å². The van der Waals surface area contributed by atoms with Gasteiger partial charge in [-0.2, -0.15) is 0 Å². The Balaban J connectivity index is 1.87. The van der Waals surface area contributed by atoms with Crippen molar-refractivity contribution in [3.63, 3.8) is 0 Å². The Labute approximate surface area is 709 Å². The predicted octanol–water partition coefficient (Wildman–Crippen LogP) is 19.2.